The van der Waals surface area contributed by atoms with E-state index in [-0.39, 0.29) is 5.91 Å². The van der Waals surface area contributed by atoms with Crippen molar-refractivity contribution in [2.45, 2.75) is 44.9 Å². The molecule has 1 spiro atoms. The molecule has 0 bridgehead atoms. The van der Waals surface area contributed by atoms with Gasteiger partial charge in [0, 0.05) is 26.2 Å². The molecule has 0 aliphatic carbocycles. The van der Waals surface area contributed by atoms with Crippen molar-refractivity contribution >= 4 is 15.9 Å². The van der Waals surface area contributed by atoms with Gasteiger partial charge in [-0.05, 0) is 62.9 Å². The second-order valence-electron chi connectivity index (χ2n) is 8.85. The van der Waals surface area contributed by atoms with Crippen LogP contribution in [0.25, 0.3) is 0 Å². The monoisotopic (exact) mass is 442 g/mol. The van der Waals surface area contributed by atoms with Crippen LogP contribution in [-0.4, -0.2) is 48.4 Å². The predicted octanol–water partition coefficient (Wildman–Crippen LogP) is 4.03. The van der Waals surface area contributed by atoms with Crippen LogP contribution < -0.4 is 4.74 Å². The maximum Gasteiger partial charge on any atom is 0.230 e. The Morgan fingerprint density at radius 1 is 0.968 bits per heavy atom. The number of sulfonamides is 1. The van der Waals surface area contributed by atoms with Crippen molar-refractivity contribution in [3.8, 4) is 11.5 Å². The van der Waals surface area contributed by atoms with Crippen LogP contribution in [0, 0.1) is 5.41 Å². The second kappa shape index (κ2) is 8.63. The summed E-state index contributed by atoms with van der Waals surface area (Å²) in [4.78, 5) is 15.2. The molecule has 166 valence electrons. The molecule has 4 rings (SSSR count). The Kier molecular flexibility index (Phi) is 6.08. The molecule has 1 unspecified atom stereocenters. The third-order valence-electron chi connectivity index (χ3n) is 6.37. The van der Waals surface area contributed by atoms with E-state index < -0.39 is 20.7 Å². The molecule has 1 atom stereocenters. The Morgan fingerprint density at radius 3 is 2.32 bits per heavy atom. The molecule has 1 amide bonds. The molecular weight excluding hydrogens is 412 g/mol. The van der Waals surface area contributed by atoms with Gasteiger partial charge >= 0.3 is 0 Å². The number of ether oxygens (including phenoxy) is 1. The standard InChI is InChI=1S/C24H30N2O4S/c1-19(2)31(28,29)26-15-6-13-24(18-26)14-16-25(23(24)27)17-20-9-11-22(12-10-20)30-21-7-4-3-5-8-21/h3-5,7-12,19H,6,13-18H2,1-2H3. The summed E-state index contributed by atoms with van der Waals surface area (Å²) < 4.78 is 32.7. The number of carbonyl (C=O) groups excluding carboxylic acids is 1. The van der Waals surface area contributed by atoms with Crippen LogP contribution in [0.4, 0.5) is 0 Å². The lowest BCUT2D eigenvalue weighted by Gasteiger charge is -2.39. The number of hydrogen-bond acceptors (Lipinski definition) is 4. The van der Waals surface area contributed by atoms with E-state index in [0.29, 0.717) is 32.6 Å². The first-order valence-corrected chi connectivity index (χ1v) is 12.4. The Balaban J connectivity index is 1.41. The number of piperidine rings is 1. The molecule has 0 N–H and O–H groups in total. The first kappa shape index (κ1) is 21.8. The van der Waals surface area contributed by atoms with Gasteiger partial charge in [0.2, 0.25) is 15.9 Å². The van der Waals surface area contributed by atoms with Crippen molar-refractivity contribution in [2.75, 3.05) is 19.6 Å². The fourth-order valence-electron chi connectivity index (χ4n) is 4.54. The summed E-state index contributed by atoms with van der Waals surface area (Å²) in [6, 6.07) is 17.4. The normalized spacial score (nSPS) is 22.4. The number of likely N-dealkylation sites (tertiary alicyclic amines) is 1. The van der Waals surface area contributed by atoms with Crippen LogP contribution in [0.5, 0.6) is 11.5 Å². The van der Waals surface area contributed by atoms with E-state index in [0.717, 1.165) is 29.9 Å². The van der Waals surface area contributed by atoms with Crippen molar-refractivity contribution < 1.29 is 17.9 Å². The molecule has 0 aromatic heterocycles. The van der Waals surface area contributed by atoms with Gasteiger partial charge in [0.05, 0.1) is 10.7 Å². The van der Waals surface area contributed by atoms with Gasteiger partial charge in [-0.15, -0.1) is 0 Å². The quantitative estimate of drug-likeness (QED) is 0.677. The van der Waals surface area contributed by atoms with Crippen molar-refractivity contribution in [1.82, 2.24) is 9.21 Å². The minimum Gasteiger partial charge on any atom is -0.457 e. The van der Waals surface area contributed by atoms with E-state index in [1.165, 1.54) is 4.31 Å². The fraction of sp³-hybridized carbons (Fsp3) is 0.458. The van der Waals surface area contributed by atoms with Crippen LogP contribution in [0.1, 0.15) is 38.7 Å². The van der Waals surface area contributed by atoms with Crippen molar-refractivity contribution in [2.24, 2.45) is 5.41 Å². The predicted molar refractivity (Wildman–Crippen MR) is 120 cm³/mol. The average molecular weight is 443 g/mol. The highest BCUT2D eigenvalue weighted by Crippen LogP contribution is 2.41. The Hall–Kier alpha value is -2.38. The van der Waals surface area contributed by atoms with Crippen molar-refractivity contribution in [1.29, 1.82) is 0 Å². The topological polar surface area (TPSA) is 66.9 Å². The molecule has 2 aromatic rings. The zero-order chi connectivity index (χ0) is 22.1. The summed E-state index contributed by atoms with van der Waals surface area (Å²) in [5, 5.41) is -0.466. The van der Waals surface area contributed by atoms with Crippen molar-refractivity contribution in [3.05, 3.63) is 60.2 Å². The van der Waals surface area contributed by atoms with Gasteiger partial charge in [0.1, 0.15) is 11.5 Å². The molecule has 0 radical (unpaired) electrons. The van der Waals surface area contributed by atoms with E-state index in [4.69, 9.17) is 4.74 Å². The summed E-state index contributed by atoms with van der Waals surface area (Å²) in [6.45, 7) is 5.42. The Labute approximate surface area is 184 Å². The fourth-order valence-corrected chi connectivity index (χ4v) is 5.94. The maximum absolute atomic E-state index is 13.3. The largest absolute Gasteiger partial charge is 0.457 e. The number of para-hydroxylation sites is 1. The number of rotatable bonds is 6. The molecule has 31 heavy (non-hydrogen) atoms. The first-order valence-electron chi connectivity index (χ1n) is 10.9. The number of hydrogen-bond donors (Lipinski definition) is 0. The third kappa shape index (κ3) is 4.48. The second-order valence-corrected chi connectivity index (χ2v) is 11.3. The van der Waals surface area contributed by atoms with Gasteiger partial charge in [0.15, 0.2) is 0 Å². The molecule has 7 heteroatoms. The van der Waals surface area contributed by atoms with E-state index in [1.54, 1.807) is 13.8 Å². The molecule has 2 aliphatic rings. The number of nitrogens with zero attached hydrogens (tertiary/aromatic N) is 2. The van der Waals surface area contributed by atoms with Crippen LogP contribution in [0.2, 0.25) is 0 Å². The van der Waals surface area contributed by atoms with Gasteiger partial charge in [-0.2, -0.15) is 0 Å². The van der Waals surface area contributed by atoms with Gasteiger partial charge in [-0.25, -0.2) is 12.7 Å². The summed E-state index contributed by atoms with van der Waals surface area (Å²) in [5.41, 5.74) is 0.463. The zero-order valence-corrected chi connectivity index (χ0v) is 19.0. The highest BCUT2D eigenvalue weighted by Gasteiger charge is 2.50. The zero-order valence-electron chi connectivity index (χ0n) is 18.2. The number of amides is 1. The number of carbonyl (C=O) groups is 1. The third-order valence-corrected chi connectivity index (χ3v) is 8.60. The molecule has 2 aromatic carbocycles. The SMILES string of the molecule is CC(C)S(=O)(=O)N1CCCC2(CCN(Cc3ccc(Oc4ccccc4)cc3)C2=O)C1. The van der Waals surface area contributed by atoms with Crippen LogP contribution >= 0.6 is 0 Å². The van der Waals surface area contributed by atoms with E-state index in [1.807, 2.05) is 59.5 Å². The van der Waals surface area contributed by atoms with Crippen LogP contribution in [0.15, 0.2) is 54.6 Å². The summed E-state index contributed by atoms with van der Waals surface area (Å²) in [6.07, 6.45) is 2.21. The highest BCUT2D eigenvalue weighted by atomic mass is 32.2. The minimum absolute atomic E-state index is 0.0840. The first-order chi connectivity index (χ1) is 14.8. The molecule has 2 saturated heterocycles. The summed E-state index contributed by atoms with van der Waals surface area (Å²) in [5.74, 6) is 1.62. The lowest BCUT2D eigenvalue weighted by atomic mass is 9.79. The maximum atomic E-state index is 13.3. The molecular formula is C24H30N2O4S. The van der Waals surface area contributed by atoms with E-state index in [9.17, 15) is 13.2 Å². The van der Waals surface area contributed by atoms with Gasteiger partial charge in [-0.3, -0.25) is 4.79 Å². The van der Waals surface area contributed by atoms with E-state index in [2.05, 4.69) is 0 Å². The smallest absolute Gasteiger partial charge is 0.230 e. The average Bonchev–Trinajstić information content (AvgIpc) is 3.05. The molecule has 2 heterocycles. The van der Waals surface area contributed by atoms with Gasteiger partial charge < -0.3 is 9.64 Å². The minimum atomic E-state index is -3.35. The summed E-state index contributed by atoms with van der Waals surface area (Å²) in [7, 11) is -3.35. The van der Waals surface area contributed by atoms with E-state index >= 15 is 0 Å². The highest BCUT2D eigenvalue weighted by molar-refractivity contribution is 7.89. The van der Waals surface area contributed by atoms with Crippen LogP contribution in [-0.2, 0) is 21.4 Å². The molecule has 2 fully saturated rings. The Bertz CT molecular complexity index is 1020. The Morgan fingerprint density at radius 2 is 1.65 bits per heavy atom. The summed E-state index contributed by atoms with van der Waals surface area (Å²) >= 11 is 0. The molecule has 0 saturated carbocycles. The van der Waals surface area contributed by atoms with Gasteiger partial charge in [-0.1, -0.05) is 30.3 Å². The van der Waals surface area contributed by atoms with Crippen LogP contribution in [0.3, 0.4) is 0 Å². The molecule has 2 aliphatic heterocycles. The van der Waals surface area contributed by atoms with Gasteiger partial charge in [0.25, 0.3) is 0 Å². The number of benzene rings is 2. The molecule has 6 nitrogen and oxygen atoms in total. The lowest BCUT2D eigenvalue weighted by molar-refractivity contribution is -0.138. The van der Waals surface area contributed by atoms with Crippen molar-refractivity contribution in [3.63, 3.8) is 0 Å². The lowest BCUT2D eigenvalue weighted by Crippen LogP contribution is -2.51.